The van der Waals surface area contributed by atoms with E-state index in [9.17, 15) is 26.3 Å². The summed E-state index contributed by atoms with van der Waals surface area (Å²) in [7, 11) is 0. The summed E-state index contributed by atoms with van der Waals surface area (Å²) in [6.07, 6.45) is -7.85. The van der Waals surface area contributed by atoms with Crippen molar-refractivity contribution in [2.75, 3.05) is 13.1 Å². The number of hydrogen-bond donors (Lipinski definition) is 2. The molecular formula is C23H21F6N5O2. The van der Waals surface area contributed by atoms with Gasteiger partial charge in [-0.3, -0.25) is 5.41 Å². The smallest absolute Gasteiger partial charge is 0.419 e. The summed E-state index contributed by atoms with van der Waals surface area (Å²) in [5, 5.41) is 11.4. The maximum Gasteiger partial charge on any atom is 0.419 e. The second-order valence-corrected chi connectivity index (χ2v) is 8.32. The van der Waals surface area contributed by atoms with Gasteiger partial charge in [0.25, 0.3) is 0 Å². The van der Waals surface area contributed by atoms with E-state index >= 15 is 0 Å². The summed E-state index contributed by atoms with van der Waals surface area (Å²) >= 11 is 0. The number of benzene rings is 2. The molecule has 1 unspecified atom stereocenters. The number of nitrogens with zero attached hydrogens (tertiary/aromatic N) is 3. The number of nitrogens with two attached hydrogens (primary N) is 1. The third kappa shape index (κ3) is 5.71. The Labute approximate surface area is 201 Å². The van der Waals surface area contributed by atoms with Gasteiger partial charge < -0.3 is 19.9 Å². The average molecular weight is 513 g/mol. The van der Waals surface area contributed by atoms with E-state index in [2.05, 4.69) is 10.1 Å². The Hall–Kier alpha value is -3.77. The standard InChI is InChI=1S/C23H21F6N5O2/c24-22(25,26)16-6-3-13(4-7-16)12-35-18-8-5-14(10-17(18)23(27,28)29)19-32-20(36-33-19)15-2-1-9-34(11-15)21(30)31/h3-8,10,15H,1-2,9,11-12H2,(H3,30,31). The second-order valence-electron chi connectivity index (χ2n) is 8.32. The Morgan fingerprint density at radius 2 is 1.81 bits per heavy atom. The van der Waals surface area contributed by atoms with Gasteiger partial charge >= 0.3 is 12.4 Å². The molecular weight excluding hydrogens is 492 g/mol. The molecule has 1 aromatic heterocycles. The van der Waals surface area contributed by atoms with Crippen molar-refractivity contribution in [2.45, 2.75) is 37.7 Å². The SMILES string of the molecule is N=C(N)N1CCCC(c2nc(-c3ccc(OCc4ccc(C(F)(F)F)cc4)c(C(F)(F)F)c3)no2)C1. The van der Waals surface area contributed by atoms with Crippen molar-refractivity contribution in [1.82, 2.24) is 15.0 Å². The molecule has 3 aromatic rings. The molecule has 36 heavy (non-hydrogen) atoms. The van der Waals surface area contributed by atoms with Gasteiger partial charge in [-0.1, -0.05) is 17.3 Å². The van der Waals surface area contributed by atoms with Gasteiger partial charge in [0.2, 0.25) is 11.7 Å². The molecule has 1 saturated heterocycles. The largest absolute Gasteiger partial charge is 0.488 e. The number of aromatic nitrogens is 2. The van der Waals surface area contributed by atoms with Crippen LogP contribution in [0.2, 0.25) is 0 Å². The first-order valence-corrected chi connectivity index (χ1v) is 10.8. The lowest BCUT2D eigenvalue weighted by Crippen LogP contribution is -2.42. The van der Waals surface area contributed by atoms with E-state index in [0.717, 1.165) is 42.8 Å². The summed E-state index contributed by atoms with van der Waals surface area (Å²) in [4.78, 5) is 5.91. The summed E-state index contributed by atoms with van der Waals surface area (Å²) in [5.74, 6) is -0.574. The summed E-state index contributed by atoms with van der Waals surface area (Å²) in [6.45, 7) is 0.651. The highest BCUT2D eigenvalue weighted by Crippen LogP contribution is 2.39. The van der Waals surface area contributed by atoms with Crippen molar-refractivity contribution < 1.29 is 35.6 Å². The number of likely N-dealkylation sites (tertiary alicyclic amines) is 1. The van der Waals surface area contributed by atoms with Crippen LogP contribution in [0.15, 0.2) is 47.0 Å². The van der Waals surface area contributed by atoms with E-state index in [-0.39, 0.29) is 41.3 Å². The first kappa shape index (κ1) is 25.3. The van der Waals surface area contributed by atoms with Crippen LogP contribution in [0.5, 0.6) is 5.75 Å². The molecule has 2 heterocycles. The fourth-order valence-corrected chi connectivity index (χ4v) is 3.88. The van der Waals surface area contributed by atoms with Crippen LogP contribution in [0.1, 0.15) is 41.3 Å². The summed E-state index contributed by atoms with van der Waals surface area (Å²) in [5.41, 5.74) is 3.92. The molecule has 1 fully saturated rings. The fraction of sp³-hybridized carbons (Fsp3) is 0.348. The summed E-state index contributed by atoms with van der Waals surface area (Å²) in [6, 6.07) is 7.24. The van der Waals surface area contributed by atoms with E-state index in [4.69, 9.17) is 20.4 Å². The Kier molecular flexibility index (Phi) is 6.83. The summed E-state index contributed by atoms with van der Waals surface area (Å²) < 4.78 is 90.0. The lowest BCUT2D eigenvalue weighted by molar-refractivity contribution is -0.139. The quantitative estimate of drug-likeness (QED) is 0.268. The molecule has 0 bridgehead atoms. The zero-order chi connectivity index (χ0) is 26.1. The number of halogens is 6. The Bertz CT molecular complexity index is 1220. The van der Waals surface area contributed by atoms with Crippen LogP contribution in [0.4, 0.5) is 26.3 Å². The van der Waals surface area contributed by atoms with Gasteiger partial charge in [-0.15, -0.1) is 0 Å². The second kappa shape index (κ2) is 9.70. The van der Waals surface area contributed by atoms with Gasteiger partial charge in [-0.2, -0.15) is 31.3 Å². The molecule has 0 radical (unpaired) electrons. The number of ether oxygens (including phenoxy) is 1. The third-order valence-corrected chi connectivity index (χ3v) is 5.77. The minimum Gasteiger partial charge on any atom is -0.488 e. The van der Waals surface area contributed by atoms with Gasteiger partial charge in [0.15, 0.2) is 5.96 Å². The van der Waals surface area contributed by atoms with E-state index in [1.165, 1.54) is 6.07 Å². The van der Waals surface area contributed by atoms with Crippen LogP contribution in [0.25, 0.3) is 11.4 Å². The molecule has 2 aromatic carbocycles. The van der Waals surface area contributed by atoms with Crippen molar-refractivity contribution >= 4 is 5.96 Å². The van der Waals surface area contributed by atoms with Gasteiger partial charge in [-0.25, -0.2) is 0 Å². The number of piperidine rings is 1. The minimum atomic E-state index is -4.77. The lowest BCUT2D eigenvalue weighted by Gasteiger charge is -2.30. The average Bonchev–Trinajstić information content (AvgIpc) is 3.32. The molecule has 1 aliphatic rings. The molecule has 0 spiro atoms. The van der Waals surface area contributed by atoms with Crippen LogP contribution >= 0.6 is 0 Å². The predicted octanol–water partition coefficient (Wildman–Crippen LogP) is 5.43. The van der Waals surface area contributed by atoms with E-state index < -0.39 is 29.2 Å². The minimum absolute atomic E-state index is 0.0373. The van der Waals surface area contributed by atoms with Gasteiger partial charge in [0, 0.05) is 18.7 Å². The lowest BCUT2D eigenvalue weighted by atomic mass is 9.98. The van der Waals surface area contributed by atoms with Gasteiger partial charge in [-0.05, 0) is 48.7 Å². The Morgan fingerprint density at radius 1 is 1.08 bits per heavy atom. The highest BCUT2D eigenvalue weighted by Gasteiger charge is 2.36. The predicted molar refractivity (Wildman–Crippen MR) is 116 cm³/mol. The highest BCUT2D eigenvalue weighted by molar-refractivity contribution is 5.74. The van der Waals surface area contributed by atoms with Crippen molar-refractivity contribution in [3.8, 4) is 17.1 Å². The van der Waals surface area contributed by atoms with Crippen LogP contribution in [-0.4, -0.2) is 34.1 Å². The normalized spacial score (nSPS) is 16.7. The molecule has 1 aliphatic heterocycles. The number of alkyl halides is 6. The molecule has 4 rings (SSSR count). The van der Waals surface area contributed by atoms with E-state index in [1.54, 1.807) is 4.90 Å². The van der Waals surface area contributed by atoms with Crippen molar-refractivity contribution in [3.63, 3.8) is 0 Å². The maximum absolute atomic E-state index is 13.8. The van der Waals surface area contributed by atoms with Crippen molar-refractivity contribution in [2.24, 2.45) is 5.73 Å². The maximum atomic E-state index is 13.8. The number of guanidine groups is 1. The van der Waals surface area contributed by atoms with Crippen LogP contribution < -0.4 is 10.5 Å². The molecule has 0 aliphatic carbocycles. The van der Waals surface area contributed by atoms with Crippen molar-refractivity contribution in [3.05, 3.63) is 65.0 Å². The first-order chi connectivity index (χ1) is 16.9. The Morgan fingerprint density at radius 3 is 2.44 bits per heavy atom. The van der Waals surface area contributed by atoms with Gasteiger partial charge in [0.1, 0.15) is 12.4 Å². The van der Waals surface area contributed by atoms with Crippen molar-refractivity contribution in [1.29, 1.82) is 5.41 Å². The molecule has 0 amide bonds. The van der Waals surface area contributed by atoms with Crippen LogP contribution in [0.3, 0.4) is 0 Å². The number of hydrogen-bond acceptors (Lipinski definition) is 5. The Balaban J connectivity index is 1.52. The molecule has 13 heteroatoms. The third-order valence-electron chi connectivity index (χ3n) is 5.77. The molecule has 3 N–H and O–H groups in total. The fourth-order valence-electron chi connectivity index (χ4n) is 3.88. The zero-order valence-corrected chi connectivity index (χ0v) is 18.7. The molecule has 0 saturated carbocycles. The first-order valence-electron chi connectivity index (χ1n) is 10.8. The topological polar surface area (TPSA) is 101 Å². The molecule has 1 atom stereocenters. The van der Waals surface area contributed by atoms with Crippen LogP contribution in [0, 0.1) is 5.41 Å². The van der Waals surface area contributed by atoms with E-state index in [1.807, 2.05) is 0 Å². The monoisotopic (exact) mass is 513 g/mol. The van der Waals surface area contributed by atoms with E-state index in [0.29, 0.717) is 19.5 Å². The number of rotatable bonds is 5. The van der Waals surface area contributed by atoms with Crippen LogP contribution in [-0.2, 0) is 19.0 Å². The molecule has 192 valence electrons. The van der Waals surface area contributed by atoms with Gasteiger partial charge in [0.05, 0.1) is 17.0 Å². The molecule has 7 nitrogen and oxygen atoms in total. The number of nitrogens with one attached hydrogen (secondary N) is 1. The zero-order valence-electron chi connectivity index (χ0n) is 18.7. The highest BCUT2D eigenvalue weighted by atomic mass is 19.4.